The van der Waals surface area contributed by atoms with Crippen LogP contribution in [-0.2, 0) is 19.1 Å². The monoisotopic (exact) mass is 182 g/mol. The fraction of sp³-hybridized carbons (Fsp3) is 0.778. The summed E-state index contributed by atoms with van der Waals surface area (Å²) in [5.74, 6) is -1.12. The third-order valence-electron chi connectivity index (χ3n) is 3.63. The summed E-state index contributed by atoms with van der Waals surface area (Å²) in [5.41, 5.74) is -0.681. The smallest absolute Gasteiger partial charge is 0.323 e. The van der Waals surface area contributed by atoms with Crippen LogP contribution in [0.2, 0.25) is 0 Å². The molecule has 0 aromatic carbocycles. The van der Waals surface area contributed by atoms with Crippen LogP contribution in [0.25, 0.3) is 0 Å². The van der Waals surface area contributed by atoms with Crippen molar-refractivity contribution in [1.82, 2.24) is 0 Å². The van der Waals surface area contributed by atoms with E-state index in [2.05, 4.69) is 4.74 Å². The number of hydrogen-bond donors (Lipinski definition) is 0. The molecule has 0 aliphatic carbocycles. The molecule has 2 bridgehead atoms. The summed E-state index contributed by atoms with van der Waals surface area (Å²) < 4.78 is 10.2. The molecule has 0 aromatic heterocycles. The molecule has 0 N–H and O–H groups in total. The van der Waals surface area contributed by atoms with E-state index in [-0.39, 0.29) is 24.1 Å². The highest BCUT2D eigenvalue weighted by molar-refractivity contribution is 6.00. The Morgan fingerprint density at radius 1 is 1.38 bits per heavy atom. The van der Waals surface area contributed by atoms with Crippen LogP contribution in [-0.4, -0.2) is 24.1 Å². The van der Waals surface area contributed by atoms with E-state index in [1.165, 1.54) is 0 Å². The fourth-order valence-corrected chi connectivity index (χ4v) is 2.86. The van der Waals surface area contributed by atoms with Gasteiger partial charge in [-0.15, -0.1) is 0 Å². The summed E-state index contributed by atoms with van der Waals surface area (Å²) in [5, 5.41) is 0. The highest BCUT2D eigenvalue weighted by atomic mass is 16.6. The van der Waals surface area contributed by atoms with Crippen molar-refractivity contribution >= 4 is 11.9 Å². The summed E-state index contributed by atoms with van der Waals surface area (Å²) in [6.45, 7) is 1.79. The van der Waals surface area contributed by atoms with Gasteiger partial charge < -0.3 is 9.47 Å². The van der Waals surface area contributed by atoms with E-state index in [4.69, 9.17) is 4.74 Å². The van der Waals surface area contributed by atoms with Gasteiger partial charge in [-0.1, -0.05) is 0 Å². The summed E-state index contributed by atoms with van der Waals surface area (Å²) in [6, 6.07) is 0. The molecule has 0 radical (unpaired) electrons. The molecule has 3 fully saturated rings. The highest BCUT2D eigenvalue weighted by Gasteiger charge is 2.69. The lowest BCUT2D eigenvalue weighted by atomic mass is 9.69. The number of ether oxygens (including phenoxy) is 2. The Kier molecular flexibility index (Phi) is 1.12. The Hall–Kier alpha value is -0.900. The molecule has 3 aliphatic heterocycles. The minimum Gasteiger partial charge on any atom is -0.392 e. The number of carbonyl (C=O) groups is 2. The molecule has 0 saturated carbocycles. The molecule has 4 nitrogen and oxygen atoms in total. The summed E-state index contributed by atoms with van der Waals surface area (Å²) >= 11 is 0. The van der Waals surface area contributed by atoms with Crippen molar-refractivity contribution in [3.63, 3.8) is 0 Å². The van der Waals surface area contributed by atoms with Gasteiger partial charge in [-0.2, -0.15) is 0 Å². The molecule has 0 amide bonds. The standard InChI is InChI=1S/C9H10O4/c1-9-5-3-2-4(12-5)6(9)7(10)13-8(9)11/h4-6H,2-3H2,1H3. The van der Waals surface area contributed by atoms with Crippen molar-refractivity contribution in [2.75, 3.05) is 0 Å². The van der Waals surface area contributed by atoms with E-state index in [1.807, 2.05) is 0 Å². The molecule has 3 saturated heterocycles. The molecule has 3 aliphatic rings. The Morgan fingerprint density at radius 3 is 2.85 bits per heavy atom. The molecule has 4 atom stereocenters. The van der Waals surface area contributed by atoms with Gasteiger partial charge in [0, 0.05) is 0 Å². The molecule has 4 heteroatoms. The highest BCUT2D eigenvalue weighted by Crippen LogP contribution is 2.55. The molecule has 4 unspecified atom stereocenters. The first kappa shape index (κ1) is 7.50. The molecule has 0 spiro atoms. The Labute approximate surface area is 75.2 Å². The average molecular weight is 182 g/mol. The van der Waals surface area contributed by atoms with E-state index >= 15 is 0 Å². The lowest BCUT2D eigenvalue weighted by Crippen LogP contribution is -2.40. The second kappa shape index (κ2) is 1.95. The van der Waals surface area contributed by atoms with Gasteiger partial charge in [0.05, 0.1) is 12.2 Å². The minimum absolute atomic E-state index is 0.0750. The van der Waals surface area contributed by atoms with Crippen LogP contribution in [0.5, 0.6) is 0 Å². The summed E-state index contributed by atoms with van der Waals surface area (Å²) in [7, 11) is 0. The van der Waals surface area contributed by atoms with Gasteiger partial charge in [-0.25, -0.2) is 0 Å². The molecular formula is C9H10O4. The summed E-state index contributed by atoms with van der Waals surface area (Å²) in [4.78, 5) is 22.8. The van der Waals surface area contributed by atoms with Crippen LogP contribution < -0.4 is 0 Å². The zero-order chi connectivity index (χ0) is 9.22. The number of carbonyl (C=O) groups excluding carboxylic acids is 2. The van der Waals surface area contributed by atoms with Crippen LogP contribution in [0, 0.1) is 11.3 Å². The van der Waals surface area contributed by atoms with Gasteiger partial charge in [0.15, 0.2) is 0 Å². The number of rotatable bonds is 0. The predicted octanol–water partition coefficient (Wildman–Crippen LogP) is 0.253. The summed E-state index contributed by atoms with van der Waals surface area (Å²) in [6.07, 6.45) is 1.59. The zero-order valence-corrected chi connectivity index (χ0v) is 7.28. The molecular weight excluding hydrogens is 172 g/mol. The minimum atomic E-state index is -0.681. The first-order valence-corrected chi connectivity index (χ1v) is 4.55. The van der Waals surface area contributed by atoms with Crippen molar-refractivity contribution in [2.45, 2.75) is 32.0 Å². The number of fused-ring (bicyclic) bond motifs is 5. The third-order valence-corrected chi connectivity index (χ3v) is 3.63. The lowest BCUT2D eigenvalue weighted by molar-refractivity contribution is -0.158. The van der Waals surface area contributed by atoms with E-state index in [9.17, 15) is 9.59 Å². The fourth-order valence-electron chi connectivity index (χ4n) is 2.86. The molecule has 70 valence electrons. The maximum Gasteiger partial charge on any atom is 0.323 e. The van der Waals surface area contributed by atoms with Gasteiger partial charge >= 0.3 is 11.9 Å². The largest absolute Gasteiger partial charge is 0.392 e. The van der Waals surface area contributed by atoms with Crippen LogP contribution in [0.15, 0.2) is 0 Å². The second-order valence-electron chi connectivity index (χ2n) is 4.21. The lowest BCUT2D eigenvalue weighted by Gasteiger charge is -2.25. The maximum absolute atomic E-state index is 11.5. The van der Waals surface area contributed by atoms with Crippen molar-refractivity contribution in [3.8, 4) is 0 Å². The van der Waals surface area contributed by atoms with Crippen molar-refractivity contribution < 1.29 is 19.1 Å². The third kappa shape index (κ3) is 0.633. The van der Waals surface area contributed by atoms with Crippen LogP contribution >= 0.6 is 0 Å². The zero-order valence-electron chi connectivity index (χ0n) is 7.28. The normalized spacial score (nSPS) is 52.5. The Balaban J connectivity index is 2.12. The van der Waals surface area contributed by atoms with Crippen molar-refractivity contribution in [3.05, 3.63) is 0 Å². The van der Waals surface area contributed by atoms with Crippen LogP contribution in [0.1, 0.15) is 19.8 Å². The quantitative estimate of drug-likeness (QED) is 0.398. The molecule has 3 heterocycles. The first-order chi connectivity index (χ1) is 6.14. The maximum atomic E-state index is 11.5. The van der Waals surface area contributed by atoms with Crippen molar-refractivity contribution in [1.29, 1.82) is 0 Å². The number of hydrogen-bond acceptors (Lipinski definition) is 4. The number of esters is 2. The van der Waals surface area contributed by atoms with Gasteiger partial charge in [0.25, 0.3) is 0 Å². The second-order valence-corrected chi connectivity index (χ2v) is 4.21. The van der Waals surface area contributed by atoms with Crippen LogP contribution in [0.3, 0.4) is 0 Å². The van der Waals surface area contributed by atoms with E-state index in [0.29, 0.717) is 0 Å². The first-order valence-electron chi connectivity index (χ1n) is 4.55. The molecule has 3 rings (SSSR count). The van der Waals surface area contributed by atoms with E-state index in [1.54, 1.807) is 6.92 Å². The SMILES string of the molecule is CC12C(=O)OC(=O)C1C1CCC2O1. The van der Waals surface area contributed by atoms with Crippen molar-refractivity contribution in [2.24, 2.45) is 11.3 Å². The molecule has 13 heavy (non-hydrogen) atoms. The Bertz CT molecular complexity index is 311. The van der Waals surface area contributed by atoms with E-state index < -0.39 is 11.4 Å². The van der Waals surface area contributed by atoms with Gasteiger partial charge in [0.2, 0.25) is 0 Å². The molecule has 0 aromatic rings. The predicted molar refractivity (Wildman–Crippen MR) is 40.6 cm³/mol. The van der Waals surface area contributed by atoms with E-state index in [0.717, 1.165) is 12.8 Å². The number of cyclic esters (lactones) is 2. The van der Waals surface area contributed by atoms with Gasteiger partial charge in [-0.05, 0) is 19.8 Å². The Morgan fingerprint density at radius 2 is 2.15 bits per heavy atom. The average Bonchev–Trinajstić information content (AvgIpc) is 2.66. The van der Waals surface area contributed by atoms with Gasteiger partial charge in [0.1, 0.15) is 11.3 Å². The van der Waals surface area contributed by atoms with Gasteiger partial charge in [-0.3, -0.25) is 9.59 Å². The van der Waals surface area contributed by atoms with Crippen LogP contribution in [0.4, 0.5) is 0 Å². The topological polar surface area (TPSA) is 52.6 Å².